The van der Waals surface area contributed by atoms with Crippen LogP contribution in [0.2, 0.25) is 0 Å². The molecule has 0 fully saturated rings. The summed E-state index contributed by atoms with van der Waals surface area (Å²) in [6.07, 6.45) is 1.35. The highest BCUT2D eigenvalue weighted by molar-refractivity contribution is 7.89. The molecule has 0 aromatic heterocycles. The van der Waals surface area contributed by atoms with Crippen LogP contribution in [-0.2, 0) is 14.8 Å². The molecule has 106 valence electrons. The van der Waals surface area contributed by atoms with E-state index in [2.05, 4.69) is 6.58 Å². The highest BCUT2D eigenvalue weighted by Crippen LogP contribution is 2.26. The fourth-order valence-corrected chi connectivity index (χ4v) is 3.23. The van der Waals surface area contributed by atoms with Crippen LogP contribution in [0.3, 0.4) is 0 Å². The van der Waals surface area contributed by atoms with E-state index in [4.69, 9.17) is 0 Å². The summed E-state index contributed by atoms with van der Waals surface area (Å²) in [4.78, 5) is 13.5. The number of amides is 1. The van der Waals surface area contributed by atoms with Crippen molar-refractivity contribution in [3.8, 4) is 0 Å². The lowest BCUT2D eigenvalue weighted by molar-refractivity contribution is -0.124. The lowest BCUT2D eigenvalue weighted by Gasteiger charge is -2.15. The monoisotopic (exact) mass is 292 g/mol. The molecule has 6 heteroatoms. The van der Waals surface area contributed by atoms with Crippen molar-refractivity contribution in [1.29, 1.82) is 0 Å². The molecule has 0 saturated heterocycles. The number of likely N-dealkylation sites (N-methyl/N-ethyl adjacent to an activating group) is 1. The third-order valence-electron chi connectivity index (χ3n) is 2.99. The van der Waals surface area contributed by atoms with E-state index in [-0.39, 0.29) is 17.3 Å². The number of nitrogens with zero attached hydrogens (tertiary/aromatic N) is 2. The molecule has 0 bridgehead atoms. The Morgan fingerprint density at radius 2 is 1.85 bits per heavy atom. The molecule has 1 aliphatic heterocycles. The van der Waals surface area contributed by atoms with Gasteiger partial charge in [0, 0.05) is 20.3 Å². The summed E-state index contributed by atoms with van der Waals surface area (Å²) < 4.78 is 26.0. The van der Waals surface area contributed by atoms with Gasteiger partial charge in [0.2, 0.25) is 0 Å². The van der Waals surface area contributed by atoms with Gasteiger partial charge in [-0.2, -0.15) is 0 Å². The first-order valence-corrected chi connectivity index (χ1v) is 7.46. The summed E-state index contributed by atoms with van der Waals surface area (Å²) in [5, 5.41) is 0. The van der Waals surface area contributed by atoms with E-state index in [1.807, 2.05) is 0 Å². The van der Waals surface area contributed by atoms with Gasteiger partial charge in [0.15, 0.2) is 0 Å². The Hall–Kier alpha value is -2.08. The van der Waals surface area contributed by atoms with Crippen molar-refractivity contribution in [2.24, 2.45) is 0 Å². The van der Waals surface area contributed by atoms with Crippen molar-refractivity contribution >= 4 is 15.9 Å². The maximum atomic E-state index is 12.4. The number of hydrogen-bond donors (Lipinski definition) is 0. The normalized spacial score (nSPS) is 15.2. The number of sulfonamides is 1. The number of rotatable bonds is 3. The van der Waals surface area contributed by atoms with Crippen LogP contribution in [0.1, 0.15) is 0 Å². The molecule has 1 heterocycles. The maximum absolute atomic E-state index is 12.4. The van der Waals surface area contributed by atoms with Gasteiger partial charge in [-0.3, -0.25) is 9.10 Å². The number of carbonyl (C=O) groups excluding carboxylic acids is 1. The van der Waals surface area contributed by atoms with Gasteiger partial charge in [0.1, 0.15) is 0 Å². The molecule has 2 rings (SSSR count). The maximum Gasteiger partial charge on any atom is 0.264 e. The van der Waals surface area contributed by atoms with Crippen molar-refractivity contribution in [3.63, 3.8) is 0 Å². The third kappa shape index (κ3) is 2.46. The lowest BCUT2D eigenvalue weighted by atomic mass is 10.1. The molecule has 0 saturated carbocycles. The van der Waals surface area contributed by atoms with Gasteiger partial charge in [0.25, 0.3) is 15.9 Å². The summed E-state index contributed by atoms with van der Waals surface area (Å²) in [7, 11) is -0.407. The van der Waals surface area contributed by atoms with Crippen LogP contribution < -0.4 is 0 Å². The average Bonchev–Trinajstić information content (AvgIpc) is 2.81. The summed E-state index contributed by atoms with van der Waals surface area (Å²) in [5.74, 6) is -0.249. The number of carbonyl (C=O) groups is 1. The van der Waals surface area contributed by atoms with Crippen LogP contribution in [0.4, 0.5) is 0 Å². The van der Waals surface area contributed by atoms with Crippen molar-refractivity contribution in [2.45, 2.75) is 4.90 Å². The second kappa shape index (κ2) is 5.13. The topological polar surface area (TPSA) is 57.7 Å². The van der Waals surface area contributed by atoms with E-state index in [9.17, 15) is 13.2 Å². The van der Waals surface area contributed by atoms with E-state index in [0.29, 0.717) is 11.1 Å². The first-order chi connectivity index (χ1) is 9.34. The SMILES string of the molecule is C=C1CN(S(=O)(=O)c2ccccc2)C=C1C(=O)N(C)C. The molecule has 20 heavy (non-hydrogen) atoms. The molecule has 0 unspecified atom stereocenters. The van der Waals surface area contributed by atoms with E-state index >= 15 is 0 Å². The molecule has 1 aromatic carbocycles. The van der Waals surface area contributed by atoms with Crippen molar-refractivity contribution in [2.75, 3.05) is 20.6 Å². The summed E-state index contributed by atoms with van der Waals surface area (Å²) in [5.41, 5.74) is 0.831. The fraction of sp³-hybridized carbons (Fsp3) is 0.214. The smallest absolute Gasteiger partial charge is 0.264 e. The Morgan fingerprint density at radius 3 is 2.40 bits per heavy atom. The molecule has 0 spiro atoms. The average molecular weight is 292 g/mol. The molecule has 0 radical (unpaired) electrons. The minimum Gasteiger partial charge on any atom is -0.345 e. The number of benzene rings is 1. The second-order valence-electron chi connectivity index (χ2n) is 4.71. The van der Waals surface area contributed by atoms with E-state index in [0.717, 1.165) is 4.31 Å². The highest BCUT2D eigenvalue weighted by Gasteiger charge is 2.31. The van der Waals surface area contributed by atoms with Crippen molar-refractivity contribution < 1.29 is 13.2 Å². The predicted octanol–water partition coefficient (Wildman–Crippen LogP) is 1.22. The van der Waals surface area contributed by atoms with Crippen LogP contribution in [0.25, 0.3) is 0 Å². The van der Waals surface area contributed by atoms with Gasteiger partial charge in [0.05, 0.1) is 17.0 Å². The van der Waals surface area contributed by atoms with Crippen LogP contribution >= 0.6 is 0 Å². The summed E-state index contributed by atoms with van der Waals surface area (Å²) in [6.45, 7) is 3.88. The zero-order valence-corrected chi connectivity index (χ0v) is 12.2. The lowest BCUT2D eigenvalue weighted by Crippen LogP contribution is -2.24. The van der Waals surface area contributed by atoms with Crippen LogP contribution in [-0.4, -0.2) is 44.2 Å². The van der Waals surface area contributed by atoms with E-state index < -0.39 is 10.0 Å². The minimum atomic E-state index is -3.64. The molecular weight excluding hydrogens is 276 g/mol. The summed E-state index contributed by atoms with van der Waals surface area (Å²) >= 11 is 0. The molecular formula is C14H16N2O3S. The Balaban J connectivity index is 2.37. The summed E-state index contributed by atoms with van der Waals surface area (Å²) in [6, 6.07) is 8.12. The van der Waals surface area contributed by atoms with Crippen LogP contribution in [0, 0.1) is 0 Å². The first kappa shape index (κ1) is 14.3. The molecule has 0 N–H and O–H groups in total. The highest BCUT2D eigenvalue weighted by atomic mass is 32.2. The van der Waals surface area contributed by atoms with Gasteiger partial charge in [-0.15, -0.1) is 0 Å². The molecule has 1 aliphatic rings. The molecule has 0 atom stereocenters. The van der Waals surface area contributed by atoms with Gasteiger partial charge >= 0.3 is 0 Å². The Bertz CT molecular complexity index is 676. The van der Waals surface area contributed by atoms with Gasteiger partial charge in [-0.1, -0.05) is 24.8 Å². The Labute approximate surface area is 118 Å². The molecule has 0 aliphatic carbocycles. The number of hydrogen-bond acceptors (Lipinski definition) is 3. The predicted molar refractivity (Wildman–Crippen MR) is 76.3 cm³/mol. The quantitative estimate of drug-likeness (QED) is 0.841. The van der Waals surface area contributed by atoms with E-state index in [1.54, 1.807) is 32.3 Å². The zero-order valence-electron chi connectivity index (χ0n) is 11.4. The molecule has 5 nitrogen and oxygen atoms in total. The fourth-order valence-electron chi connectivity index (χ4n) is 1.88. The standard InChI is InChI=1S/C14H16N2O3S/c1-11-9-16(10-13(11)14(17)15(2)3)20(18,19)12-7-5-4-6-8-12/h4-8,10H,1,9H2,2-3H3. The van der Waals surface area contributed by atoms with Gasteiger partial charge in [-0.25, -0.2) is 8.42 Å². The van der Waals surface area contributed by atoms with Crippen LogP contribution in [0.5, 0.6) is 0 Å². The molecule has 1 aromatic rings. The van der Waals surface area contributed by atoms with Gasteiger partial charge < -0.3 is 4.90 Å². The molecule has 1 amide bonds. The van der Waals surface area contributed by atoms with Crippen molar-refractivity contribution in [1.82, 2.24) is 9.21 Å². The Kier molecular flexibility index (Phi) is 3.67. The van der Waals surface area contributed by atoms with Crippen molar-refractivity contribution in [3.05, 3.63) is 54.3 Å². The van der Waals surface area contributed by atoms with Crippen LogP contribution in [0.15, 0.2) is 59.2 Å². The first-order valence-electron chi connectivity index (χ1n) is 6.02. The van der Waals surface area contributed by atoms with Gasteiger partial charge in [-0.05, 0) is 17.7 Å². The van der Waals surface area contributed by atoms with E-state index in [1.165, 1.54) is 23.2 Å². The zero-order chi connectivity index (χ0) is 14.9. The largest absolute Gasteiger partial charge is 0.345 e. The third-order valence-corrected chi connectivity index (χ3v) is 4.71. The minimum absolute atomic E-state index is 0.103. The Morgan fingerprint density at radius 1 is 1.25 bits per heavy atom. The second-order valence-corrected chi connectivity index (χ2v) is 6.60.